The van der Waals surface area contributed by atoms with Crippen LogP contribution < -0.4 is 11.3 Å². The Balaban J connectivity index is 1.67. The zero-order valence-corrected chi connectivity index (χ0v) is 12.6. The molecule has 3 N–H and O–H groups in total. The first-order valence-corrected chi connectivity index (χ1v) is 7.79. The molecule has 1 aromatic carbocycles. The van der Waals surface area contributed by atoms with Crippen LogP contribution in [-0.4, -0.2) is 47.9 Å². The Hall–Kier alpha value is -1.59. The van der Waals surface area contributed by atoms with E-state index in [0.29, 0.717) is 6.04 Å². The van der Waals surface area contributed by atoms with Crippen LogP contribution in [0.15, 0.2) is 18.2 Å². The van der Waals surface area contributed by atoms with Gasteiger partial charge in [0.1, 0.15) is 0 Å². The van der Waals surface area contributed by atoms with Crippen molar-refractivity contribution in [2.45, 2.75) is 32.2 Å². The number of nitrogens with one attached hydrogen (secondary N) is 1. The summed E-state index contributed by atoms with van der Waals surface area (Å²) in [5, 5.41) is 0. The number of amides is 1. The van der Waals surface area contributed by atoms with E-state index in [-0.39, 0.29) is 5.91 Å². The summed E-state index contributed by atoms with van der Waals surface area (Å²) in [7, 11) is 0. The number of benzene rings is 1. The largest absolute Gasteiger partial charge is 0.337 e. The molecular weight excluding hydrogens is 264 g/mol. The highest BCUT2D eigenvalue weighted by Gasteiger charge is 2.31. The highest BCUT2D eigenvalue weighted by Crippen LogP contribution is 2.23. The SMILES string of the molecule is Cc1cc(C(=O)N2CCC(N3CCCC3)C2)ccc1NN. The number of nitrogens with two attached hydrogens (primary N) is 1. The van der Waals surface area contributed by atoms with Crippen LogP contribution in [0, 0.1) is 6.92 Å². The van der Waals surface area contributed by atoms with Gasteiger partial charge in [0.2, 0.25) is 0 Å². The third-order valence-electron chi connectivity index (χ3n) is 4.74. The first-order valence-electron chi connectivity index (χ1n) is 7.79. The molecule has 0 aromatic heterocycles. The standard InChI is InChI=1S/C16H24N4O/c1-12-10-13(4-5-15(12)18-17)16(21)20-9-6-14(11-20)19-7-2-3-8-19/h4-5,10,14,18H,2-3,6-9,11,17H2,1H3. The molecule has 2 fully saturated rings. The van der Waals surface area contributed by atoms with E-state index in [1.54, 1.807) is 0 Å². The molecule has 1 unspecified atom stereocenters. The van der Waals surface area contributed by atoms with E-state index in [9.17, 15) is 4.79 Å². The third-order valence-corrected chi connectivity index (χ3v) is 4.74. The van der Waals surface area contributed by atoms with Crippen molar-refractivity contribution in [1.82, 2.24) is 9.80 Å². The van der Waals surface area contributed by atoms with Crippen LogP contribution in [0.3, 0.4) is 0 Å². The Bertz CT molecular complexity index is 525. The van der Waals surface area contributed by atoms with Crippen molar-refractivity contribution in [2.24, 2.45) is 5.84 Å². The van der Waals surface area contributed by atoms with Crippen molar-refractivity contribution in [3.8, 4) is 0 Å². The molecule has 0 saturated carbocycles. The van der Waals surface area contributed by atoms with Gasteiger partial charge in [0.25, 0.3) is 5.91 Å². The lowest BCUT2D eigenvalue weighted by Crippen LogP contribution is -2.37. The monoisotopic (exact) mass is 288 g/mol. The lowest BCUT2D eigenvalue weighted by molar-refractivity contribution is 0.0780. The quantitative estimate of drug-likeness (QED) is 0.655. The maximum absolute atomic E-state index is 12.6. The number of aryl methyl sites for hydroxylation is 1. The predicted octanol–water partition coefficient (Wildman–Crippen LogP) is 1.59. The summed E-state index contributed by atoms with van der Waals surface area (Å²) in [5.41, 5.74) is 5.26. The van der Waals surface area contributed by atoms with E-state index in [2.05, 4.69) is 10.3 Å². The van der Waals surface area contributed by atoms with Gasteiger partial charge < -0.3 is 10.3 Å². The molecular formula is C16H24N4O. The summed E-state index contributed by atoms with van der Waals surface area (Å²) in [6.07, 6.45) is 3.71. The van der Waals surface area contributed by atoms with Crippen LogP contribution in [0.4, 0.5) is 5.69 Å². The van der Waals surface area contributed by atoms with E-state index in [4.69, 9.17) is 5.84 Å². The second-order valence-corrected chi connectivity index (χ2v) is 6.11. The summed E-state index contributed by atoms with van der Waals surface area (Å²) in [5.74, 6) is 5.58. The van der Waals surface area contributed by atoms with E-state index in [1.807, 2.05) is 30.0 Å². The number of hydrazine groups is 1. The predicted molar refractivity (Wildman–Crippen MR) is 84.1 cm³/mol. The van der Waals surface area contributed by atoms with Gasteiger partial charge in [-0.1, -0.05) is 0 Å². The molecule has 0 spiro atoms. The van der Waals surface area contributed by atoms with Gasteiger partial charge in [-0.05, 0) is 63.0 Å². The number of nitrogen functional groups attached to an aromatic ring is 1. The van der Waals surface area contributed by atoms with E-state index in [1.165, 1.54) is 25.9 Å². The average Bonchev–Trinajstić information content (AvgIpc) is 3.17. The minimum Gasteiger partial charge on any atom is -0.337 e. The molecule has 2 heterocycles. The van der Waals surface area contributed by atoms with E-state index >= 15 is 0 Å². The van der Waals surface area contributed by atoms with Gasteiger partial charge in [-0.3, -0.25) is 15.5 Å². The summed E-state index contributed by atoms with van der Waals surface area (Å²) in [4.78, 5) is 17.1. The fourth-order valence-corrected chi connectivity index (χ4v) is 3.47. The third kappa shape index (κ3) is 2.89. The van der Waals surface area contributed by atoms with Crippen molar-refractivity contribution in [3.63, 3.8) is 0 Å². The normalized spacial score (nSPS) is 22.8. The van der Waals surface area contributed by atoms with Crippen molar-refractivity contribution in [3.05, 3.63) is 29.3 Å². The summed E-state index contributed by atoms with van der Waals surface area (Å²) < 4.78 is 0. The second-order valence-electron chi connectivity index (χ2n) is 6.11. The number of hydrogen-bond acceptors (Lipinski definition) is 4. The molecule has 2 aliphatic rings. The zero-order valence-electron chi connectivity index (χ0n) is 12.6. The Kier molecular flexibility index (Phi) is 4.12. The summed E-state index contributed by atoms with van der Waals surface area (Å²) in [6.45, 7) is 6.10. The average molecular weight is 288 g/mol. The first kappa shape index (κ1) is 14.4. The first-order chi connectivity index (χ1) is 10.2. The Labute approximate surface area is 126 Å². The maximum Gasteiger partial charge on any atom is 0.253 e. The molecule has 1 amide bonds. The molecule has 0 aliphatic carbocycles. The fraction of sp³-hybridized carbons (Fsp3) is 0.562. The smallest absolute Gasteiger partial charge is 0.253 e. The van der Waals surface area contributed by atoms with Crippen molar-refractivity contribution in [2.75, 3.05) is 31.6 Å². The number of nitrogens with zero attached hydrogens (tertiary/aromatic N) is 2. The van der Waals surface area contributed by atoms with Gasteiger partial charge in [-0.25, -0.2) is 0 Å². The van der Waals surface area contributed by atoms with Crippen LogP contribution in [0.5, 0.6) is 0 Å². The van der Waals surface area contributed by atoms with E-state index < -0.39 is 0 Å². The number of anilines is 1. The topological polar surface area (TPSA) is 61.6 Å². The molecule has 5 nitrogen and oxygen atoms in total. The summed E-state index contributed by atoms with van der Waals surface area (Å²) in [6, 6.07) is 6.20. The zero-order chi connectivity index (χ0) is 14.8. The Morgan fingerprint density at radius 3 is 2.71 bits per heavy atom. The van der Waals surface area contributed by atoms with Crippen molar-refractivity contribution < 1.29 is 4.79 Å². The molecule has 21 heavy (non-hydrogen) atoms. The number of carbonyl (C=O) groups excluding carboxylic acids is 1. The minimum atomic E-state index is 0.142. The molecule has 0 bridgehead atoms. The molecule has 114 valence electrons. The van der Waals surface area contributed by atoms with E-state index in [0.717, 1.165) is 36.3 Å². The fourth-order valence-electron chi connectivity index (χ4n) is 3.47. The van der Waals surface area contributed by atoms with Crippen LogP contribution in [0.25, 0.3) is 0 Å². The van der Waals surface area contributed by atoms with Crippen molar-refractivity contribution >= 4 is 11.6 Å². The van der Waals surface area contributed by atoms with Crippen LogP contribution in [-0.2, 0) is 0 Å². The molecule has 1 atom stereocenters. The van der Waals surface area contributed by atoms with Gasteiger partial charge in [0, 0.05) is 24.7 Å². The lowest BCUT2D eigenvalue weighted by atomic mass is 10.1. The molecule has 2 aliphatic heterocycles. The van der Waals surface area contributed by atoms with Gasteiger partial charge in [0.15, 0.2) is 0 Å². The minimum absolute atomic E-state index is 0.142. The summed E-state index contributed by atoms with van der Waals surface area (Å²) >= 11 is 0. The molecule has 1 aromatic rings. The number of carbonyl (C=O) groups is 1. The second kappa shape index (κ2) is 6.03. The number of hydrogen-bond donors (Lipinski definition) is 2. The van der Waals surface area contributed by atoms with Gasteiger partial charge in [-0.2, -0.15) is 0 Å². The molecule has 0 radical (unpaired) electrons. The van der Waals surface area contributed by atoms with Crippen LogP contribution in [0.1, 0.15) is 35.2 Å². The highest BCUT2D eigenvalue weighted by molar-refractivity contribution is 5.95. The lowest BCUT2D eigenvalue weighted by Gasteiger charge is -2.23. The number of likely N-dealkylation sites (tertiary alicyclic amines) is 2. The Morgan fingerprint density at radius 2 is 2.05 bits per heavy atom. The molecule has 5 heteroatoms. The Morgan fingerprint density at radius 1 is 1.29 bits per heavy atom. The van der Waals surface area contributed by atoms with Crippen molar-refractivity contribution in [1.29, 1.82) is 0 Å². The molecule has 2 saturated heterocycles. The number of rotatable bonds is 3. The van der Waals surface area contributed by atoms with Gasteiger partial charge >= 0.3 is 0 Å². The highest BCUT2D eigenvalue weighted by atomic mass is 16.2. The molecule has 3 rings (SSSR count). The van der Waals surface area contributed by atoms with Crippen LogP contribution in [0.2, 0.25) is 0 Å². The van der Waals surface area contributed by atoms with Crippen LogP contribution >= 0.6 is 0 Å². The van der Waals surface area contributed by atoms with Gasteiger partial charge in [0.05, 0.1) is 5.69 Å². The maximum atomic E-state index is 12.6. The van der Waals surface area contributed by atoms with Gasteiger partial charge in [-0.15, -0.1) is 0 Å².